The lowest BCUT2D eigenvalue weighted by Crippen LogP contribution is -2.06. The lowest BCUT2D eigenvalue weighted by molar-refractivity contribution is -0.124. The molecule has 0 unspecified atom stereocenters. The molecule has 0 fully saturated rings. The van der Waals surface area contributed by atoms with Gasteiger partial charge in [0.25, 0.3) is 6.43 Å². The molecule has 0 aliphatic heterocycles. The molecule has 0 aliphatic carbocycles. The van der Waals surface area contributed by atoms with Gasteiger partial charge in [-0.1, -0.05) is 0 Å². The number of carbonyl (C=O) groups is 1. The van der Waals surface area contributed by atoms with Crippen molar-refractivity contribution < 1.29 is 18.3 Å². The van der Waals surface area contributed by atoms with Gasteiger partial charge in [0.1, 0.15) is 0 Å². The van der Waals surface area contributed by atoms with Gasteiger partial charge in [-0.15, -0.1) is 0 Å². The molecule has 0 N–H and O–H groups in total. The Hall–Kier alpha value is -0.930. The Labute approximate surface area is 63.8 Å². The van der Waals surface area contributed by atoms with Crippen molar-refractivity contribution in [1.29, 1.82) is 0 Å². The summed E-state index contributed by atoms with van der Waals surface area (Å²) in [7, 11) is 0. The number of hydrogen-bond acceptors (Lipinski definition) is 2. The molecule has 0 amide bonds. The fraction of sp³-hybridized carbons (Fsp3) is 0.571. The van der Waals surface area contributed by atoms with Gasteiger partial charge in [-0.25, -0.2) is 8.78 Å². The van der Waals surface area contributed by atoms with Crippen molar-refractivity contribution in [3.8, 4) is 0 Å². The molecular formula is C7H10F2O2. The monoisotopic (exact) mass is 164 g/mol. The predicted octanol–water partition coefficient (Wildman–Crippen LogP) is 1.76. The van der Waals surface area contributed by atoms with E-state index in [1.807, 2.05) is 0 Å². The molecule has 0 saturated carbocycles. The third-order valence-corrected chi connectivity index (χ3v) is 0.798. The van der Waals surface area contributed by atoms with E-state index in [2.05, 4.69) is 0 Å². The minimum absolute atomic E-state index is 0.100. The standard InChI is InChI=1S/C7H10F2O2/c1-5(2)11-4-3-6(10)7(8)9/h3-5,7H,1-2H3/b4-3+. The molecule has 11 heavy (non-hydrogen) atoms. The van der Waals surface area contributed by atoms with E-state index < -0.39 is 12.2 Å². The van der Waals surface area contributed by atoms with Crippen LogP contribution < -0.4 is 0 Å². The van der Waals surface area contributed by atoms with Crippen LogP contribution in [0.4, 0.5) is 8.78 Å². The molecule has 0 heterocycles. The molecule has 0 radical (unpaired) electrons. The van der Waals surface area contributed by atoms with Crippen LogP contribution in [0.5, 0.6) is 0 Å². The van der Waals surface area contributed by atoms with Crippen molar-refractivity contribution in [3.05, 3.63) is 12.3 Å². The predicted molar refractivity (Wildman–Crippen MR) is 36.4 cm³/mol. The number of halogens is 2. The number of rotatable bonds is 4. The maximum absolute atomic E-state index is 11.5. The zero-order valence-corrected chi connectivity index (χ0v) is 6.38. The fourth-order valence-electron chi connectivity index (χ4n) is 0.336. The van der Waals surface area contributed by atoms with Crippen molar-refractivity contribution in [2.24, 2.45) is 0 Å². The van der Waals surface area contributed by atoms with Crippen LogP contribution in [0.15, 0.2) is 12.3 Å². The number of hydrogen-bond donors (Lipinski definition) is 0. The van der Waals surface area contributed by atoms with E-state index >= 15 is 0 Å². The SMILES string of the molecule is CC(C)O/C=C/C(=O)C(F)F. The highest BCUT2D eigenvalue weighted by atomic mass is 19.3. The minimum Gasteiger partial charge on any atom is -0.498 e. The Balaban J connectivity index is 3.66. The highest BCUT2D eigenvalue weighted by Gasteiger charge is 2.10. The second-order valence-corrected chi connectivity index (χ2v) is 2.19. The highest BCUT2D eigenvalue weighted by molar-refractivity contribution is 5.91. The van der Waals surface area contributed by atoms with E-state index in [4.69, 9.17) is 4.74 Å². The Morgan fingerprint density at radius 3 is 2.36 bits per heavy atom. The number of alkyl halides is 2. The summed E-state index contributed by atoms with van der Waals surface area (Å²) in [5.74, 6) is -1.23. The molecule has 64 valence electrons. The molecule has 0 aromatic rings. The Morgan fingerprint density at radius 1 is 1.45 bits per heavy atom. The molecule has 0 bridgehead atoms. The van der Waals surface area contributed by atoms with Crippen LogP contribution >= 0.6 is 0 Å². The first-order chi connectivity index (χ1) is 5.04. The Morgan fingerprint density at radius 2 is 2.00 bits per heavy atom. The number of ether oxygens (including phenoxy) is 1. The van der Waals surface area contributed by atoms with Gasteiger partial charge in [-0.3, -0.25) is 4.79 Å². The van der Waals surface area contributed by atoms with Crippen molar-refractivity contribution >= 4 is 5.78 Å². The first-order valence-corrected chi connectivity index (χ1v) is 3.18. The zero-order valence-electron chi connectivity index (χ0n) is 6.38. The third-order valence-electron chi connectivity index (χ3n) is 0.798. The van der Waals surface area contributed by atoms with Crippen molar-refractivity contribution in [2.45, 2.75) is 26.4 Å². The Kier molecular flexibility index (Phi) is 4.41. The molecule has 0 aliphatic rings. The van der Waals surface area contributed by atoms with E-state index in [-0.39, 0.29) is 6.10 Å². The molecule has 0 atom stereocenters. The summed E-state index contributed by atoms with van der Waals surface area (Å²) in [5.41, 5.74) is 0. The van der Waals surface area contributed by atoms with Crippen LogP contribution in [-0.4, -0.2) is 18.3 Å². The van der Waals surface area contributed by atoms with E-state index in [9.17, 15) is 13.6 Å². The highest BCUT2D eigenvalue weighted by Crippen LogP contribution is 1.96. The molecule has 2 nitrogen and oxygen atoms in total. The van der Waals surface area contributed by atoms with Crippen molar-refractivity contribution in [3.63, 3.8) is 0 Å². The minimum atomic E-state index is -2.94. The largest absolute Gasteiger partial charge is 0.498 e. The van der Waals surface area contributed by atoms with Gasteiger partial charge in [0, 0.05) is 6.08 Å². The second kappa shape index (κ2) is 4.82. The lowest BCUT2D eigenvalue weighted by Gasteiger charge is -2.01. The number of allylic oxidation sites excluding steroid dienone is 1. The van der Waals surface area contributed by atoms with Crippen LogP contribution in [0.25, 0.3) is 0 Å². The summed E-state index contributed by atoms with van der Waals surface area (Å²) in [6.07, 6.45) is -1.33. The average Bonchev–Trinajstić information content (AvgIpc) is 1.86. The van der Waals surface area contributed by atoms with Crippen molar-refractivity contribution in [1.82, 2.24) is 0 Å². The number of carbonyl (C=O) groups excluding carboxylic acids is 1. The molecule has 0 rings (SSSR count). The molecule has 4 heteroatoms. The summed E-state index contributed by atoms with van der Waals surface area (Å²) in [5, 5.41) is 0. The van der Waals surface area contributed by atoms with Crippen LogP contribution in [-0.2, 0) is 9.53 Å². The van der Waals surface area contributed by atoms with Gasteiger partial charge in [0.15, 0.2) is 0 Å². The van der Waals surface area contributed by atoms with E-state index in [1.54, 1.807) is 13.8 Å². The van der Waals surface area contributed by atoms with Gasteiger partial charge in [0.05, 0.1) is 12.4 Å². The van der Waals surface area contributed by atoms with E-state index in [0.29, 0.717) is 0 Å². The molecular weight excluding hydrogens is 154 g/mol. The van der Waals surface area contributed by atoms with Gasteiger partial charge in [0.2, 0.25) is 5.78 Å². The third kappa shape index (κ3) is 5.51. The summed E-state index contributed by atoms with van der Waals surface area (Å²) < 4.78 is 27.7. The summed E-state index contributed by atoms with van der Waals surface area (Å²) in [6, 6.07) is 0. The fourth-order valence-corrected chi connectivity index (χ4v) is 0.336. The van der Waals surface area contributed by atoms with Gasteiger partial charge in [-0.05, 0) is 13.8 Å². The first kappa shape index (κ1) is 10.1. The second-order valence-electron chi connectivity index (χ2n) is 2.19. The van der Waals surface area contributed by atoms with E-state index in [1.165, 1.54) is 0 Å². The van der Waals surface area contributed by atoms with Crippen molar-refractivity contribution in [2.75, 3.05) is 0 Å². The quantitative estimate of drug-likeness (QED) is 0.467. The molecule has 0 aromatic carbocycles. The molecule has 0 aromatic heterocycles. The van der Waals surface area contributed by atoms with Crippen LogP contribution in [0, 0.1) is 0 Å². The van der Waals surface area contributed by atoms with E-state index in [0.717, 1.165) is 12.3 Å². The summed E-state index contributed by atoms with van der Waals surface area (Å²) >= 11 is 0. The maximum Gasteiger partial charge on any atom is 0.300 e. The maximum atomic E-state index is 11.5. The lowest BCUT2D eigenvalue weighted by atomic mass is 10.4. The zero-order chi connectivity index (χ0) is 8.85. The first-order valence-electron chi connectivity index (χ1n) is 3.18. The van der Waals surface area contributed by atoms with Gasteiger partial charge >= 0.3 is 0 Å². The topological polar surface area (TPSA) is 26.3 Å². The molecule has 0 spiro atoms. The smallest absolute Gasteiger partial charge is 0.300 e. The van der Waals surface area contributed by atoms with Gasteiger partial charge in [-0.2, -0.15) is 0 Å². The Bertz CT molecular complexity index is 153. The van der Waals surface area contributed by atoms with Crippen LogP contribution in [0.3, 0.4) is 0 Å². The summed E-state index contributed by atoms with van der Waals surface area (Å²) in [4.78, 5) is 10.2. The average molecular weight is 164 g/mol. The summed E-state index contributed by atoms with van der Waals surface area (Å²) in [6.45, 7) is 3.47. The van der Waals surface area contributed by atoms with Crippen LogP contribution in [0.2, 0.25) is 0 Å². The van der Waals surface area contributed by atoms with Crippen LogP contribution in [0.1, 0.15) is 13.8 Å². The van der Waals surface area contributed by atoms with Gasteiger partial charge < -0.3 is 4.74 Å². The molecule has 0 saturated heterocycles. The number of ketones is 1. The normalized spacial score (nSPS) is 11.5.